The van der Waals surface area contributed by atoms with Crippen LogP contribution in [0.15, 0.2) is 36.7 Å². The van der Waals surface area contributed by atoms with Crippen molar-refractivity contribution >= 4 is 17.5 Å². The number of hydrogen-bond donors (Lipinski definition) is 1. The molecule has 5 nitrogen and oxygen atoms in total. The van der Waals surface area contributed by atoms with Gasteiger partial charge in [-0.3, -0.25) is 4.79 Å². The van der Waals surface area contributed by atoms with Crippen LogP contribution in [0.2, 0.25) is 0 Å². The molecule has 0 aliphatic carbocycles. The van der Waals surface area contributed by atoms with Gasteiger partial charge in [-0.05, 0) is 44.7 Å². The lowest BCUT2D eigenvalue weighted by Crippen LogP contribution is -2.40. The van der Waals surface area contributed by atoms with E-state index in [0.717, 1.165) is 30.2 Å². The van der Waals surface area contributed by atoms with Gasteiger partial charge in [0.05, 0.1) is 5.56 Å². The van der Waals surface area contributed by atoms with Crippen molar-refractivity contribution in [3.8, 4) is 0 Å². The van der Waals surface area contributed by atoms with Crippen molar-refractivity contribution in [2.45, 2.75) is 45.6 Å². The van der Waals surface area contributed by atoms with E-state index in [1.165, 1.54) is 19.3 Å². The number of nitrogens with zero attached hydrogens (tertiary/aromatic N) is 3. The Kier molecular flexibility index (Phi) is 5.08. The van der Waals surface area contributed by atoms with Gasteiger partial charge in [-0.2, -0.15) is 0 Å². The summed E-state index contributed by atoms with van der Waals surface area (Å²) < 4.78 is 0. The van der Waals surface area contributed by atoms with E-state index in [0.29, 0.717) is 11.6 Å². The normalized spacial score (nSPS) is 17.6. The van der Waals surface area contributed by atoms with E-state index in [1.54, 1.807) is 12.4 Å². The largest absolute Gasteiger partial charge is 0.338 e. The van der Waals surface area contributed by atoms with E-state index in [2.05, 4.69) is 27.1 Å². The van der Waals surface area contributed by atoms with Crippen molar-refractivity contribution < 1.29 is 4.79 Å². The molecule has 1 saturated heterocycles. The minimum Gasteiger partial charge on any atom is -0.338 e. The molecule has 1 aromatic carbocycles. The fraction of sp³-hybridized carbons (Fsp3) is 0.421. The Morgan fingerprint density at radius 2 is 1.92 bits per heavy atom. The van der Waals surface area contributed by atoms with Crippen LogP contribution >= 0.6 is 0 Å². The van der Waals surface area contributed by atoms with Crippen molar-refractivity contribution in [1.82, 2.24) is 9.97 Å². The maximum atomic E-state index is 12.3. The molecule has 1 unspecified atom stereocenters. The molecule has 3 rings (SSSR count). The first-order valence-electron chi connectivity index (χ1n) is 8.64. The number of nitrogens with one attached hydrogen (secondary N) is 1. The maximum Gasteiger partial charge on any atom is 0.258 e. The Morgan fingerprint density at radius 1 is 1.21 bits per heavy atom. The lowest BCUT2D eigenvalue weighted by atomic mass is 10.0. The molecule has 1 N–H and O–H groups in total. The summed E-state index contributed by atoms with van der Waals surface area (Å²) in [6.07, 6.45) is 7.97. The van der Waals surface area contributed by atoms with E-state index in [1.807, 2.05) is 31.2 Å². The van der Waals surface area contributed by atoms with Gasteiger partial charge in [-0.15, -0.1) is 0 Å². The second kappa shape index (κ2) is 7.43. The highest BCUT2D eigenvalue weighted by molar-refractivity contribution is 6.03. The molecule has 0 saturated carbocycles. The third-order valence-electron chi connectivity index (χ3n) is 4.57. The number of anilines is 2. The molecular weight excluding hydrogens is 300 g/mol. The molecule has 0 spiro atoms. The lowest BCUT2D eigenvalue weighted by molar-refractivity contribution is 0.102. The van der Waals surface area contributed by atoms with Gasteiger partial charge in [0.2, 0.25) is 5.95 Å². The number of hydrogen-bond acceptors (Lipinski definition) is 4. The summed E-state index contributed by atoms with van der Waals surface area (Å²) in [5.41, 5.74) is 2.41. The van der Waals surface area contributed by atoms with Gasteiger partial charge in [0.15, 0.2) is 0 Å². The highest BCUT2D eigenvalue weighted by Gasteiger charge is 2.23. The molecule has 24 heavy (non-hydrogen) atoms. The molecule has 5 heteroatoms. The number of aryl methyl sites for hydroxylation is 1. The van der Waals surface area contributed by atoms with Crippen LogP contribution in [-0.4, -0.2) is 28.5 Å². The predicted molar refractivity (Wildman–Crippen MR) is 96.4 cm³/mol. The van der Waals surface area contributed by atoms with Gasteiger partial charge in [-0.25, -0.2) is 9.97 Å². The highest BCUT2D eigenvalue weighted by Crippen LogP contribution is 2.23. The number of rotatable bonds is 4. The van der Waals surface area contributed by atoms with Gasteiger partial charge in [0.1, 0.15) is 0 Å². The number of benzene rings is 1. The zero-order chi connectivity index (χ0) is 16.9. The summed E-state index contributed by atoms with van der Waals surface area (Å²) >= 11 is 0. The average molecular weight is 324 g/mol. The Hall–Kier alpha value is -2.43. The molecule has 1 atom stereocenters. The van der Waals surface area contributed by atoms with Crippen LogP contribution in [0.25, 0.3) is 0 Å². The van der Waals surface area contributed by atoms with Crippen LogP contribution in [0.4, 0.5) is 11.6 Å². The van der Waals surface area contributed by atoms with Crippen molar-refractivity contribution in [3.05, 3.63) is 47.8 Å². The fourth-order valence-corrected chi connectivity index (χ4v) is 3.12. The maximum absolute atomic E-state index is 12.3. The summed E-state index contributed by atoms with van der Waals surface area (Å²) in [5, 5.41) is 2.87. The molecule has 2 heterocycles. The van der Waals surface area contributed by atoms with Crippen molar-refractivity contribution in [2.75, 3.05) is 16.8 Å². The first-order chi connectivity index (χ1) is 11.7. The minimum absolute atomic E-state index is 0.184. The summed E-state index contributed by atoms with van der Waals surface area (Å²) in [7, 11) is 0. The van der Waals surface area contributed by atoms with Crippen LogP contribution in [0, 0.1) is 6.92 Å². The zero-order valence-corrected chi connectivity index (χ0v) is 14.3. The number of aromatic nitrogens is 2. The highest BCUT2D eigenvalue weighted by atomic mass is 16.1. The Bertz CT molecular complexity index is 682. The summed E-state index contributed by atoms with van der Waals surface area (Å²) in [6.45, 7) is 5.21. The van der Waals surface area contributed by atoms with Gasteiger partial charge in [0.25, 0.3) is 5.91 Å². The third kappa shape index (κ3) is 3.72. The standard InChI is InChI=1S/C19H24N4O/c1-3-17-6-4-5-11-23(17)19-20-12-15(13-21-19)18(24)22-16-9-7-14(2)8-10-16/h7-10,12-13,17H,3-6,11H2,1-2H3,(H,22,24). The molecule has 1 amide bonds. The van der Waals surface area contributed by atoms with Crippen LogP contribution in [0.5, 0.6) is 0 Å². The Labute approximate surface area is 143 Å². The molecule has 0 radical (unpaired) electrons. The monoisotopic (exact) mass is 324 g/mol. The van der Waals surface area contributed by atoms with Crippen molar-refractivity contribution in [1.29, 1.82) is 0 Å². The first-order valence-corrected chi connectivity index (χ1v) is 8.64. The minimum atomic E-state index is -0.184. The van der Waals surface area contributed by atoms with Gasteiger partial charge in [0, 0.05) is 30.7 Å². The van der Waals surface area contributed by atoms with Gasteiger partial charge < -0.3 is 10.2 Å². The average Bonchev–Trinajstić information content (AvgIpc) is 2.63. The number of piperidine rings is 1. The molecule has 2 aromatic rings. The molecule has 1 aromatic heterocycles. The molecule has 126 valence electrons. The fourth-order valence-electron chi connectivity index (χ4n) is 3.12. The second-order valence-electron chi connectivity index (χ2n) is 6.34. The van der Waals surface area contributed by atoms with E-state index >= 15 is 0 Å². The van der Waals surface area contributed by atoms with E-state index < -0.39 is 0 Å². The second-order valence-corrected chi connectivity index (χ2v) is 6.34. The summed E-state index contributed by atoms with van der Waals surface area (Å²) in [4.78, 5) is 23.4. The van der Waals surface area contributed by atoms with E-state index in [-0.39, 0.29) is 5.91 Å². The number of carbonyl (C=O) groups excluding carboxylic acids is 1. The van der Waals surface area contributed by atoms with Crippen molar-refractivity contribution in [3.63, 3.8) is 0 Å². The zero-order valence-electron chi connectivity index (χ0n) is 14.3. The number of amides is 1. The van der Waals surface area contributed by atoms with E-state index in [4.69, 9.17) is 0 Å². The summed E-state index contributed by atoms with van der Waals surface area (Å²) in [5.74, 6) is 0.546. The SMILES string of the molecule is CCC1CCCCN1c1ncc(C(=O)Nc2ccc(C)cc2)cn1. The lowest BCUT2D eigenvalue weighted by Gasteiger charge is -2.35. The first kappa shape index (κ1) is 16.4. The van der Waals surface area contributed by atoms with E-state index in [9.17, 15) is 4.79 Å². The predicted octanol–water partition coefficient (Wildman–Crippen LogP) is 3.81. The molecular formula is C19H24N4O. The quantitative estimate of drug-likeness (QED) is 0.929. The third-order valence-corrected chi connectivity index (χ3v) is 4.57. The summed E-state index contributed by atoms with van der Waals surface area (Å²) in [6, 6.07) is 8.22. The number of carbonyl (C=O) groups is 1. The van der Waals surface area contributed by atoms with Gasteiger partial charge >= 0.3 is 0 Å². The smallest absolute Gasteiger partial charge is 0.258 e. The molecule has 1 aliphatic rings. The topological polar surface area (TPSA) is 58.1 Å². The Morgan fingerprint density at radius 3 is 2.58 bits per heavy atom. The van der Waals surface area contributed by atoms with Crippen LogP contribution in [0.1, 0.15) is 48.5 Å². The molecule has 1 fully saturated rings. The van der Waals surface area contributed by atoms with Crippen molar-refractivity contribution in [2.24, 2.45) is 0 Å². The molecule has 0 bridgehead atoms. The van der Waals surface area contributed by atoms with Crippen LogP contribution in [-0.2, 0) is 0 Å². The van der Waals surface area contributed by atoms with Crippen LogP contribution < -0.4 is 10.2 Å². The Balaban J connectivity index is 1.69. The molecule has 1 aliphatic heterocycles. The van der Waals surface area contributed by atoms with Crippen LogP contribution in [0.3, 0.4) is 0 Å². The van der Waals surface area contributed by atoms with Gasteiger partial charge in [-0.1, -0.05) is 24.6 Å².